The number of fused-ring (bicyclic) bond motifs is 1. The third-order valence-electron chi connectivity index (χ3n) is 4.95. The van der Waals surface area contributed by atoms with Crippen molar-refractivity contribution >= 4 is 34.0 Å². The summed E-state index contributed by atoms with van der Waals surface area (Å²) in [6, 6.07) is 16.0. The number of likely N-dealkylation sites (N-methyl/N-ethyl adjacent to an activating group) is 1. The average Bonchev–Trinajstić information content (AvgIpc) is 2.74. The summed E-state index contributed by atoms with van der Waals surface area (Å²) in [5.41, 5.74) is 0.185. The van der Waals surface area contributed by atoms with Crippen LogP contribution >= 0.6 is 0 Å². The van der Waals surface area contributed by atoms with E-state index in [-0.39, 0.29) is 12.5 Å². The van der Waals surface area contributed by atoms with Gasteiger partial charge >= 0.3 is 0 Å². The van der Waals surface area contributed by atoms with E-state index in [1.54, 1.807) is 18.7 Å². The SMILES string of the molecule is CCN(CC(=O)Nc1c(F)cccc1F)[C@@H](C)C(=O)Nc1cccc2ccccc12. The van der Waals surface area contributed by atoms with E-state index in [0.717, 1.165) is 22.9 Å². The fourth-order valence-electron chi connectivity index (χ4n) is 3.24. The van der Waals surface area contributed by atoms with Gasteiger partial charge in [0.25, 0.3) is 0 Å². The molecule has 0 aliphatic heterocycles. The topological polar surface area (TPSA) is 61.4 Å². The quantitative estimate of drug-likeness (QED) is 0.606. The Kier molecular flexibility index (Phi) is 6.74. The van der Waals surface area contributed by atoms with Crippen molar-refractivity contribution < 1.29 is 18.4 Å². The third-order valence-corrected chi connectivity index (χ3v) is 4.95. The van der Waals surface area contributed by atoms with Gasteiger partial charge in [-0.05, 0) is 37.1 Å². The maximum atomic E-state index is 13.8. The summed E-state index contributed by atoms with van der Waals surface area (Å²) in [6.07, 6.45) is 0. The first-order valence-electron chi connectivity index (χ1n) is 9.67. The molecule has 0 aliphatic rings. The maximum Gasteiger partial charge on any atom is 0.241 e. The van der Waals surface area contributed by atoms with Crippen molar-refractivity contribution in [2.45, 2.75) is 19.9 Å². The lowest BCUT2D eigenvalue weighted by molar-refractivity contribution is -0.123. The number of carbonyl (C=O) groups is 2. The lowest BCUT2D eigenvalue weighted by Crippen LogP contribution is -2.45. The van der Waals surface area contributed by atoms with Gasteiger partial charge in [0.15, 0.2) is 0 Å². The molecule has 0 unspecified atom stereocenters. The molecule has 0 saturated heterocycles. The molecular weight excluding hydrogens is 388 g/mol. The van der Waals surface area contributed by atoms with Crippen LogP contribution in [0.15, 0.2) is 60.7 Å². The number of carbonyl (C=O) groups excluding carboxylic acids is 2. The summed E-state index contributed by atoms with van der Waals surface area (Å²) >= 11 is 0. The Bertz CT molecular complexity index is 1050. The first-order valence-corrected chi connectivity index (χ1v) is 9.67. The van der Waals surface area contributed by atoms with Gasteiger partial charge < -0.3 is 10.6 Å². The Morgan fingerprint density at radius 3 is 2.27 bits per heavy atom. The number of amides is 2. The molecule has 0 bridgehead atoms. The van der Waals surface area contributed by atoms with Crippen LogP contribution < -0.4 is 10.6 Å². The van der Waals surface area contributed by atoms with Crippen molar-refractivity contribution in [2.75, 3.05) is 23.7 Å². The second kappa shape index (κ2) is 9.45. The molecule has 0 radical (unpaired) electrons. The largest absolute Gasteiger partial charge is 0.324 e. The second-order valence-corrected chi connectivity index (χ2v) is 6.90. The van der Waals surface area contributed by atoms with Gasteiger partial charge in [-0.1, -0.05) is 49.4 Å². The normalized spacial score (nSPS) is 12.0. The Balaban J connectivity index is 1.68. The van der Waals surface area contributed by atoms with Gasteiger partial charge in [0, 0.05) is 11.1 Å². The number of benzene rings is 3. The highest BCUT2D eigenvalue weighted by molar-refractivity contribution is 6.04. The summed E-state index contributed by atoms with van der Waals surface area (Å²) in [5, 5.41) is 7.07. The van der Waals surface area contributed by atoms with E-state index in [1.165, 1.54) is 6.07 Å². The van der Waals surface area contributed by atoms with Crippen molar-refractivity contribution in [3.63, 3.8) is 0 Å². The van der Waals surface area contributed by atoms with Crippen LogP contribution in [0.4, 0.5) is 20.2 Å². The summed E-state index contributed by atoms with van der Waals surface area (Å²) in [5.74, 6) is -2.59. The van der Waals surface area contributed by atoms with Crippen molar-refractivity contribution in [2.24, 2.45) is 0 Å². The highest BCUT2D eigenvalue weighted by Crippen LogP contribution is 2.23. The van der Waals surface area contributed by atoms with Crippen LogP contribution in [0.2, 0.25) is 0 Å². The van der Waals surface area contributed by atoms with Crippen LogP contribution in [0.3, 0.4) is 0 Å². The Labute approximate surface area is 173 Å². The zero-order valence-corrected chi connectivity index (χ0v) is 16.8. The molecule has 3 aromatic rings. The monoisotopic (exact) mass is 411 g/mol. The zero-order chi connectivity index (χ0) is 21.7. The molecule has 30 heavy (non-hydrogen) atoms. The number of nitrogens with zero attached hydrogens (tertiary/aromatic N) is 1. The number of para-hydroxylation sites is 1. The molecule has 1 atom stereocenters. The minimum Gasteiger partial charge on any atom is -0.324 e. The lowest BCUT2D eigenvalue weighted by Gasteiger charge is -2.26. The van der Waals surface area contributed by atoms with Gasteiger partial charge in [-0.2, -0.15) is 0 Å². The van der Waals surface area contributed by atoms with E-state index in [4.69, 9.17) is 0 Å². The summed E-state index contributed by atoms with van der Waals surface area (Å²) < 4.78 is 27.5. The van der Waals surface area contributed by atoms with Crippen LogP contribution in [-0.2, 0) is 9.59 Å². The molecule has 2 amide bonds. The van der Waals surface area contributed by atoms with E-state index >= 15 is 0 Å². The summed E-state index contributed by atoms with van der Waals surface area (Å²) in [7, 11) is 0. The Morgan fingerprint density at radius 1 is 0.933 bits per heavy atom. The first kappa shape index (κ1) is 21.4. The number of hydrogen-bond acceptors (Lipinski definition) is 3. The lowest BCUT2D eigenvalue weighted by atomic mass is 10.1. The van der Waals surface area contributed by atoms with Crippen LogP contribution in [0.1, 0.15) is 13.8 Å². The van der Waals surface area contributed by atoms with E-state index in [0.29, 0.717) is 12.2 Å². The predicted molar refractivity (Wildman–Crippen MR) is 114 cm³/mol. The van der Waals surface area contributed by atoms with Gasteiger partial charge in [0.05, 0.1) is 12.6 Å². The molecule has 2 N–H and O–H groups in total. The van der Waals surface area contributed by atoms with Crippen molar-refractivity contribution in [3.8, 4) is 0 Å². The Morgan fingerprint density at radius 2 is 1.57 bits per heavy atom. The highest BCUT2D eigenvalue weighted by Gasteiger charge is 2.23. The van der Waals surface area contributed by atoms with Crippen molar-refractivity contribution in [1.82, 2.24) is 4.90 Å². The van der Waals surface area contributed by atoms with Gasteiger partial charge in [0.1, 0.15) is 17.3 Å². The third kappa shape index (κ3) is 4.80. The van der Waals surface area contributed by atoms with Gasteiger partial charge in [-0.15, -0.1) is 0 Å². The molecule has 3 rings (SSSR count). The van der Waals surface area contributed by atoms with Gasteiger partial charge in [-0.3, -0.25) is 14.5 Å². The minimum atomic E-state index is -0.854. The number of rotatable bonds is 7. The molecule has 0 fully saturated rings. The van der Waals surface area contributed by atoms with E-state index in [9.17, 15) is 18.4 Å². The standard InChI is InChI=1S/C23H23F2N3O2/c1-3-28(14-21(29)27-22-18(24)11-7-12-19(22)25)15(2)23(30)26-20-13-6-9-16-8-4-5-10-17(16)20/h4-13,15H,3,14H2,1-2H3,(H,26,30)(H,27,29)/t15-/m0/s1. The number of nitrogens with one attached hydrogen (secondary N) is 2. The fraction of sp³-hybridized carbons (Fsp3) is 0.217. The van der Waals surface area contributed by atoms with Gasteiger partial charge in [0.2, 0.25) is 11.8 Å². The summed E-state index contributed by atoms with van der Waals surface area (Å²) in [6.45, 7) is 3.70. The molecule has 7 heteroatoms. The first-order chi connectivity index (χ1) is 14.4. The highest BCUT2D eigenvalue weighted by atomic mass is 19.1. The molecule has 0 aliphatic carbocycles. The smallest absolute Gasteiger partial charge is 0.241 e. The number of hydrogen-bond donors (Lipinski definition) is 2. The average molecular weight is 411 g/mol. The molecule has 3 aromatic carbocycles. The van der Waals surface area contributed by atoms with Gasteiger partial charge in [-0.25, -0.2) is 8.78 Å². The van der Waals surface area contributed by atoms with E-state index in [2.05, 4.69) is 10.6 Å². The van der Waals surface area contributed by atoms with Crippen LogP contribution in [0.25, 0.3) is 10.8 Å². The molecular formula is C23H23F2N3O2. The Hall–Kier alpha value is -3.32. The molecule has 156 valence electrons. The number of anilines is 2. The number of halogens is 2. The van der Waals surface area contributed by atoms with Crippen molar-refractivity contribution in [1.29, 1.82) is 0 Å². The van der Waals surface area contributed by atoms with E-state index in [1.807, 2.05) is 42.5 Å². The molecule has 5 nitrogen and oxygen atoms in total. The van der Waals surface area contributed by atoms with Crippen LogP contribution in [0, 0.1) is 11.6 Å². The molecule has 0 saturated carbocycles. The minimum absolute atomic E-state index is 0.186. The fourth-order valence-corrected chi connectivity index (χ4v) is 3.24. The second-order valence-electron chi connectivity index (χ2n) is 6.90. The van der Waals surface area contributed by atoms with E-state index < -0.39 is 29.3 Å². The predicted octanol–water partition coefficient (Wildman–Crippen LogP) is 4.41. The zero-order valence-electron chi connectivity index (χ0n) is 16.8. The molecule has 0 spiro atoms. The van der Waals surface area contributed by atoms with Crippen LogP contribution in [0.5, 0.6) is 0 Å². The van der Waals surface area contributed by atoms with Crippen LogP contribution in [-0.4, -0.2) is 35.8 Å². The maximum absolute atomic E-state index is 13.8. The molecule has 0 aromatic heterocycles. The summed E-state index contributed by atoms with van der Waals surface area (Å²) in [4.78, 5) is 26.7. The van der Waals surface area contributed by atoms with Crippen molar-refractivity contribution in [3.05, 3.63) is 72.3 Å². The molecule has 0 heterocycles.